The van der Waals surface area contributed by atoms with E-state index in [1.165, 1.54) is 0 Å². The summed E-state index contributed by atoms with van der Waals surface area (Å²) in [4.78, 5) is 0. The van der Waals surface area contributed by atoms with Gasteiger partial charge in [0.2, 0.25) is 0 Å². The van der Waals surface area contributed by atoms with E-state index in [4.69, 9.17) is 21.0 Å². The Morgan fingerprint density at radius 1 is 1.05 bits per heavy atom. The maximum Gasteiger partial charge on any atom is 0.150 e. The number of nitriles is 2. The highest BCUT2D eigenvalue weighted by Crippen LogP contribution is 2.28. The van der Waals surface area contributed by atoms with Crippen LogP contribution in [0.3, 0.4) is 0 Å². The summed E-state index contributed by atoms with van der Waals surface area (Å²) in [6.45, 7) is 0. The lowest BCUT2D eigenvalue weighted by Crippen LogP contribution is -1.93. The van der Waals surface area contributed by atoms with Crippen molar-refractivity contribution in [2.24, 2.45) is 0 Å². The number of nitrogens with two attached hydrogens (primary N) is 1. The van der Waals surface area contributed by atoms with Crippen molar-refractivity contribution >= 4 is 5.69 Å². The Kier molecular flexibility index (Phi) is 3.66. The number of nitrogen functional groups attached to an aromatic ring is 1. The Labute approximate surface area is 111 Å². The van der Waals surface area contributed by atoms with Crippen LogP contribution in [0.1, 0.15) is 11.1 Å². The van der Waals surface area contributed by atoms with E-state index in [9.17, 15) is 0 Å². The molecular weight excluding hydrogens is 238 g/mol. The second-order valence-corrected chi connectivity index (χ2v) is 3.95. The molecule has 0 radical (unpaired) electrons. The summed E-state index contributed by atoms with van der Waals surface area (Å²) in [5.74, 6) is 1.14. The monoisotopic (exact) mass is 249 g/mol. The molecule has 0 saturated heterocycles. The molecule has 2 N–H and O–H groups in total. The number of hydrogen-bond donors (Lipinski definition) is 1. The van der Waals surface area contributed by atoms with Gasteiger partial charge in [0.15, 0.2) is 0 Å². The summed E-state index contributed by atoms with van der Waals surface area (Å²) in [6, 6.07) is 16.2. The molecule has 92 valence electrons. The molecule has 0 aromatic heterocycles. The lowest BCUT2D eigenvalue weighted by atomic mass is 10.1. The summed E-state index contributed by atoms with van der Waals surface area (Å²) in [5, 5.41) is 17.3. The predicted molar refractivity (Wildman–Crippen MR) is 71.4 cm³/mol. The van der Waals surface area contributed by atoms with Crippen molar-refractivity contribution in [1.29, 1.82) is 10.5 Å². The van der Waals surface area contributed by atoms with Gasteiger partial charge in [-0.3, -0.25) is 0 Å². The van der Waals surface area contributed by atoms with E-state index in [1.807, 2.05) is 18.2 Å². The predicted octanol–water partition coefficient (Wildman–Crippen LogP) is 3.00. The third-order valence-electron chi connectivity index (χ3n) is 2.57. The highest BCUT2D eigenvalue weighted by molar-refractivity contribution is 5.57. The highest BCUT2D eigenvalue weighted by atomic mass is 16.5. The van der Waals surface area contributed by atoms with Crippen LogP contribution in [0, 0.1) is 22.7 Å². The fraction of sp³-hybridized carbons (Fsp3) is 0.0667. The second-order valence-electron chi connectivity index (χ2n) is 3.95. The fourth-order valence-electron chi connectivity index (χ4n) is 1.60. The zero-order valence-corrected chi connectivity index (χ0v) is 10.1. The lowest BCUT2D eigenvalue weighted by Gasteiger charge is -2.08. The van der Waals surface area contributed by atoms with Crippen LogP contribution in [0.5, 0.6) is 11.5 Å². The van der Waals surface area contributed by atoms with Crippen LogP contribution in [-0.2, 0) is 6.42 Å². The van der Waals surface area contributed by atoms with Crippen molar-refractivity contribution in [2.75, 3.05) is 5.73 Å². The third-order valence-corrected chi connectivity index (χ3v) is 2.57. The molecule has 0 heterocycles. The van der Waals surface area contributed by atoms with Crippen molar-refractivity contribution in [3.05, 3.63) is 53.6 Å². The summed E-state index contributed by atoms with van der Waals surface area (Å²) >= 11 is 0. The summed E-state index contributed by atoms with van der Waals surface area (Å²) in [5.41, 5.74) is 7.65. The SMILES string of the molecule is N#CCc1ccc(Oc2ccc(C#N)cc2N)cc1. The van der Waals surface area contributed by atoms with Gasteiger partial charge >= 0.3 is 0 Å². The van der Waals surface area contributed by atoms with Crippen LogP contribution in [0.2, 0.25) is 0 Å². The van der Waals surface area contributed by atoms with E-state index < -0.39 is 0 Å². The van der Waals surface area contributed by atoms with Crippen molar-refractivity contribution in [2.45, 2.75) is 6.42 Å². The minimum atomic E-state index is 0.374. The van der Waals surface area contributed by atoms with Gasteiger partial charge in [0, 0.05) is 0 Å². The molecule has 4 heteroatoms. The lowest BCUT2D eigenvalue weighted by molar-refractivity contribution is 0.485. The number of rotatable bonds is 3. The Bertz CT molecular complexity index is 663. The zero-order valence-electron chi connectivity index (χ0n) is 10.1. The minimum Gasteiger partial charge on any atom is -0.455 e. The third kappa shape index (κ3) is 3.02. The Balaban J connectivity index is 2.17. The number of hydrogen-bond acceptors (Lipinski definition) is 4. The second kappa shape index (κ2) is 5.57. The van der Waals surface area contributed by atoms with Gasteiger partial charge in [-0.25, -0.2) is 0 Å². The van der Waals surface area contributed by atoms with E-state index >= 15 is 0 Å². The standard InChI is InChI=1S/C15H11N3O/c16-8-7-11-1-4-13(5-2-11)19-15-6-3-12(10-17)9-14(15)18/h1-6,9H,7,18H2. The molecule has 2 aromatic rings. The van der Waals surface area contributed by atoms with Gasteiger partial charge < -0.3 is 10.5 Å². The Morgan fingerprint density at radius 3 is 2.37 bits per heavy atom. The van der Waals surface area contributed by atoms with Crippen LogP contribution in [0.15, 0.2) is 42.5 Å². The molecule has 19 heavy (non-hydrogen) atoms. The molecule has 0 aliphatic heterocycles. The van der Waals surface area contributed by atoms with Crippen LogP contribution in [0.4, 0.5) is 5.69 Å². The molecule has 2 aromatic carbocycles. The first-order chi connectivity index (χ1) is 9.22. The molecule has 0 saturated carbocycles. The number of benzene rings is 2. The molecule has 0 bridgehead atoms. The average Bonchev–Trinajstić information content (AvgIpc) is 2.43. The van der Waals surface area contributed by atoms with Crippen LogP contribution >= 0.6 is 0 Å². The molecule has 0 spiro atoms. The smallest absolute Gasteiger partial charge is 0.150 e. The minimum absolute atomic E-state index is 0.374. The van der Waals surface area contributed by atoms with Crippen molar-refractivity contribution in [1.82, 2.24) is 0 Å². The van der Waals surface area contributed by atoms with E-state index in [0.29, 0.717) is 29.2 Å². The van der Waals surface area contributed by atoms with E-state index in [1.54, 1.807) is 30.3 Å². The topological polar surface area (TPSA) is 82.8 Å². The first-order valence-corrected chi connectivity index (χ1v) is 5.66. The summed E-state index contributed by atoms with van der Waals surface area (Å²) < 4.78 is 5.62. The molecule has 2 rings (SSSR count). The molecular formula is C15H11N3O. The van der Waals surface area contributed by atoms with E-state index in [-0.39, 0.29) is 0 Å². The summed E-state index contributed by atoms with van der Waals surface area (Å²) in [6.07, 6.45) is 0.374. The maximum absolute atomic E-state index is 8.75. The van der Waals surface area contributed by atoms with Crippen molar-refractivity contribution in [3.63, 3.8) is 0 Å². The fourth-order valence-corrected chi connectivity index (χ4v) is 1.60. The normalized spacial score (nSPS) is 9.37. The molecule has 0 fully saturated rings. The number of anilines is 1. The van der Waals surface area contributed by atoms with E-state index in [0.717, 1.165) is 5.56 Å². The van der Waals surface area contributed by atoms with Crippen molar-refractivity contribution < 1.29 is 4.74 Å². The molecule has 0 unspecified atom stereocenters. The van der Waals surface area contributed by atoms with Gasteiger partial charge in [-0.1, -0.05) is 12.1 Å². The van der Waals surface area contributed by atoms with Gasteiger partial charge in [-0.2, -0.15) is 10.5 Å². The highest BCUT2D eigenvalue weighted by Gasteiger charge is 2.03. The van der Waals surface area contributed by atoms with Gasteiger partial charge in [0.05, 0.1) is 29.8 Å². The van der Waals surface area contributed by atoms with Crippen LogP contribution in [-0.4, -0.2) is 0 Å². The van der Waals surface area contributed by atoms with Crippen LogP contribution in [0.25, 0.3) is 0 Å². The zero-order chi connectivity index (χ0) is 13.7. The summed E-state index contributed by atoms with van der Waals surface area (Å²) in [7, 11) is 0. The number of ether oxygens (including phenoxy) is 1. The number of nitrogens with zero attached hydrogens (tertiary/aromatic N) is 2. The molecule has 0 amide bonds. The van der Waals surface area contributed by atoms with Crippen molar-refractivity contribution in [3.8, 4) is 23.6 Å². The molecule has 4 nitrogen and oxygen atoms in total. The Hall–Kier alpha value is -2.98. The first kappa shape index (κ1) is 12.5. The largest absolute Gasteiger partial charge is 0.455 e. The van der Waals surface area contributed by atoms with Crippen LogP contribution < -0.4 is 10.5 Å². The molecule has 0 aliphatic carbocycles. The van der Waals surface area contributed by atoms with Gasteiger partial charge in [0.25, 0.3) is 0 Å². The van der Waals surface area contributed by atoms with Gasteiger partial charge in [-0.05, 0) is 35.9 Å². The maximum atomic E-state index is 8.75. The quantitative estimate of drug-likeness (QED) is 0.847. The molecule has 0 atom stereocenters. The van der Waals surface area contributed by atoms with E-state index in [2.05, 4.69) is 6.07 Å². The van der Waals surface area contributed by atoms with Gasteiger partial charge in [-0.15, -0.1) is 0 Å². The molecule has 0 aliphatic rings. The first-order valence-electron chi connectivity index (χ1n) is 5.66. The average molecular weight is 249 g/mol. The Morgan fingerprint density at radius 2 is 1.79 bits per heavy atom. The van der Waals surface area contributed by atoms with Gasteiger partial charge in [0.1, 0.15) is 11.5 Å².